The molecule has 1 aliphatic rings. The summed E-state index contributed by atoms with van der Waals surface area (Å²) in [5.74, 6) is 2.32. The predicted molar refractivity (Wildman–Crippen MR) is 161 cm³/mol. The standard InChI is InChI=1S/C35H37NO5/c1-23-15-26(20-37)11-14-34(23)41-22-29-8-6-10-33(25(29)3)32-9-5-7-28(24(32)2)21-40-31-13-12-27(35(16-31)39-4)17-36-18-30(38)19-36/h5-16,20,30,38H,17-19,21-22H2,1-4H3. The highest BCUT2D eigenvalue weighted by Gasteiger charge is 2.25. The van der Waals surface area contributed by atoms with Gasteiger partial charge in [0.1, 0.15) is 36.7 Å². The first-order valence-electron chi connectivity index (χ1n) is 13.9. The Bertz CT molecular complexity index is 1540. The van der Waals surface area contributed by atoms with Crippen molar-refractivity contribution in [2.45, 2.75) is 46.6 Å². The first-order chi connectivity index (χ1) is 19.9. The van der Waals surface area contributed by atoms with E-state index in [0.717, 1.165) is 52.3 Å². The summed E-state index contributed by atoms with van der Waals surface area (Å²) in [4.78, 5) is 13.2. The van der Waals surface area contributed by atoms with E-state index in [1.165, 1.54) is 22.3 Å². The number of likely N-dealkylation sites (tertiary alicyclic amines) is 1. The summed E-state index contributed by atoms with van der Waals surface area (Å²) in [6.45, 7) is 9.25. The first kappa shape index (κ1) is 28.4. The zero-order chi connectivity index (χ0) is 28.9. The fourth-order valence-electron chi connectivity index (χ4n) is 5.35. The normalized spacial score (nSPS) is 13.5. The highest BCUT2D eigenvalue weighted by molar-refractivity contribution is 5.75. The topological polar surface area (TPSA) is 68.2 Å². The van der Waals surface area contributed by atoms with Gasteiger partial charge in [-0.25, -0.2) is 0 Å². The van der Waals surface area contributed by atoms with Crippen LogP contribution in [0.3, 0.4) is 0 Å². The van der Waals surface area contributed by atoms with E-state index in [9.17, 15) is 9.90 Å². The van der Waals surface area contributed by atoms with E-state index in [0.29, 0.717) is 31.9 Å². The molecule has 5 rings (SSSR count). The third-order valence-corrected chi connectivity index (χ3v) is 7.89. The zero-order valence-corrected chi connectivity index (χ0v) is 24.1. The van der Waals surface area contributed by atoms with Gasteiger partial charge in [-0.1, -0.05) is 42.5 Å². The van der Waals surface area contributed by atoms with Crippen LogP contribution in [-0.4, -0.2) is 42.6 Å². The molecule has 6 heteroatoms. The molecule has 4 aromatic rings. The third-order valence-electron chi connectivity index (χ3n) is 7.89. The Kier molecular flexibility index (Phi) is 8.72. The van der Waals surface area contributed by atoms with Crippen LogP contribution >= 0.6 is 0 Å². The molecule has 0 radical (unpaired) electrons. The number of aryl methyl sites for hydroxylation is 1. The van der Waals surface area contributed by atoms with Crippen LogP contribution in [0.4, 0.5) is 0 Å². The molecule has 4 aromatic carbocycles. The molecule has 1 N–H and O–H groups in total. The van der Waals surface area contributed by atoms with Crippen LogP contribution in [-0.2, 0) is 19.8 Å². The van der Waals surface area contributed by atoms with Crippen molar-refractivity contribution in [3.63, 3.8) is 0 Å². The van der Waals surface area contributed by atoms with Crippen LogP contribution in [0.5, 0.6) is 17.2 Å². The second kappa shape index (κ2) is 12.6. The number of nitrogens with zero attached hydrogens (tertiary/aromatic N) is 1. The van der Waals surface area contributed by atoms with Crippen molar-refractivity contribution >= 4 is 6.29 Å². The molecule has 0 saturated carbocycles. The SMILES string of the molecule is COc1cc(OCc2cccc(-c3cccc(COc4ccc(C=O)cc4C)c3C)c2C)ccc1CN1CC(O)C1. The maximum absolute atomic E-state index is 11.1. The number of methoxy groups -OCH3 is 1. The molecule has 1 saturated heterocycles. The Balaban J connectivity index is 1.29. The number of ether oxygens (including phenoxy) is 3. The molecule has 1 heterocycles. The van der Waals surface area contributed by atoms with Crippen molar-refractivity contribution in [3.05, 3.63) is 112 Å². The minimum Gasteiger partial charge on any atom is -0.496 e. The maximum Gasteiger partial charge on any atom is 0.150 e. The fraction of sp³-hybridized carbons (Fsp3) is 0.286. The molecule has 0 amide bonds. The van der Waals surface area contributed by atoms with Gasteiger partial charge in [0.05, 0.1) is 13.2 Å². The van der Waals surface area contributed by atoms with Crippen LogP contribution in [0.15, 0.2) is 72.8 Å². The molecule has 0 unspecified atom stereocenters. The summed E-state index contributed by atoms with van der Waals surface area (Å²) in [5.41, 5.74) is 9.58. The van der Waals surface area contributed by atoms with E-state index in [4.69, 9.17) is 14.2 Å². The van der Waals surface area contributed by atoms with Gasteiger partial charge in [-0.2, -0.15) is 0 Å². The van der Waals surface area contributed by atoms with Gasteiger partial charge < -0.3 is 19.3 Å². The largest absolute Gasteiger partial charge is 0.496 e. The van der Waals surface area contributed by atoms with Crippen molar-refractivity contribution in [2.24, 2.45) is 0 Å². The molecule has 212 valence electrons. The van der Waals surface area contributed by atoms with Gasteiger partial charge in [0.15, 0.2) is 0 Å². The molecule has 1 fully saturated rings. The second-order valence-electron chi connectivity index (χ2n) is 10.7. The van der Waals surface area contributed by atoms with Gasteiger partial charge in [0.2, 0.25) is 0 Å². The minimum absolute atomic E-state index is 0.223. The van der Waals surface area contributed by atoms with Gasteiger partial charge in [-0.05, 0) is 84.0 Å². The van der Waals surface area contributed by atoms with Crippen LogP contribution in [0.2, 0.25) is 0 Å². The van der Waals surface area contributed by atoms with Gasteiger partial charge >= 0.3 is 0 Å². The monoisotopic (exact) mass is 551 g/mol. The van der Waals surface area contributed by atoms with Crippen molar-refractivity contribution < 1.29 is 24.1 Å². The van der Waals surface area contributed by atoms with Crippen LogP contribution in [0.1, 0.15) is 43.7 Å². The lowest BCUT2D eigenvalue weighted by Gasteiger charge is -2.36. The number of carbonyl (C=O) groups excluding carboxylic acids is 1. The van der Waals surface area contributed by atoms with Gasteiger partial charge in [0, 0.05) is 36.8 Å². The number of carbonyl (C=O) groups is 1. The Labute approximate surface area is 242 Å². The number of hydrogen-bond donors (Lipinski definition) is 1. The Morgan fingerprint density at radius 2 is 1.46 bits per heavy atom. The van der Waals surface area contributed by atoms with E-state index in [2.05, 4.69) is 55.1 Å². The van der Waals surface area contributed by atoms with Gasteiger partial charge in [-0.3, -0.25) is 9.69 Å². The predicted octanol–water partition coefficient (Wildman–Crippen LogP) is 6.43. The highest BCUT2D eigenvalue weighted by atomic mass is 16.5. The summed E-state index contributed by atoms with van der Waals surface area (Å²) in [6, 6.07) is 24.1. The lowest BCUT2D eigenvalue weighted by molar-refractivity contribution is -0.00323. The van der Waals surface area contributed by atoms with Gasteiger partial charge in [-0.15, -0.1) is 0 Å². The van der Waals surface area contributed by atoms with Crippen LogP contribution in [0, 0.1) is 20.8 Å². The second-order valence-corrected chi connectivity index (χ2v) is 10.7. The average Bonchev–Trinajstić information content (AvgIpc) is 2.96. The van der Waals surface area contributed by atoms with Gasteiger partial charge in [0.25, 0.3) is 0 Å². The molecular weight excluding hydrogens is 514 g/mol. The van der Waals surface area contributed by atoms with E-state index >= 15 is 0 Å². The smallest absolute Gasteiger partial charge is 0.150 e. The Morgan fingerprint density at radius 1 is 0.805 bits per heavy atom. The molecule has 0 spiro atoms. The molecule has 0 bridgehead atoms. The first-order valence-corrected chi connectivity index (χ1v) is 13.9. The Hall–Kier alpha value is -4.13. The molecule has 1 aliphatic heterocycles. The summed E-state index contributed by atoms with van der Waals surface area (Å²) >= 11 is 0. The van der Waals surface area contributed by atoms with Crippen molar-refractivity contribution in [2.75, 3.05) is 20.2 Å². The number of rotatable bonds is 11. The maximum atomic E-state index is 11.1. The van der Waals surface area contributed by atoms with E-state index in [1.54, 1.807) is 13.2 Å². The van der Waals surface area contributed by atoms with Crippen molar-refractivity contribution in [1.82, 2.24) is 4.90 Å². The molecule has 0 aliphatic carbocycles. The number of aliphatic hydroxyl groups is 1. The van der Waals surface area contributed by atoms with Crippen LogP contribution < -0.4 is 14.2 Å². The van der Waals surface area contributed by atoms with Crippen LogP contribution in [0.25, 0.3) is 11.1 Å². The summed E-state index contributed by atoms with van der Waals surface area (Å²) in [6.07, 6.45) is 0.626. The third kappa shape index (κ3) is 6.45. The summed E-state index contributed by atoms with van der Waals surface area (Å²) in [5, 5.41) is 9.57. The fourth-order valence-corrected chi connectivity index (χ4v) is 5.35. The lowest BCUT2D eigenvalue weighted by Crippen LogP contribution is -2.49. The highest BCUT2D eigenvalue weighted by Crippen LogP contribution is 2.32. The van der Waals surface area contributed by atoms with E-state index < -0.39 is 0 Å². The number of benzene rings is 4. The average molecular weight is 552 g/mol. The van der Waals surface area contributed by atoms with E-state index in [1.807, 2.05) is 37.3 Å². The molecule has 0 aromatic heterocycles. The van der Waals surface area contributed by atoms with Crippen molar-refractivity contribution in [1.29, 1.82) is 0 Å². The molecule has 6 nitrogen and oxygen atoms in total. The number of hydrogen-bond acceptors (Lipinski definition) is 6. The lowest BCUT2D eigenvalue weighted by atomic mass is 9.92. The Morgan fingerprint density at radius 3 is 2.05 bits per heavy atom. The quantitative estimate of drug-likeness (QED) is 0.217. The van der Waals surface area contributed by atoms with Crippen molar-refractivity contribution in [3.8, 4) is 28.4 Å². The summed E-state index contributed by atoms with van der Waals surface area (Å²) < 4.78 is 18.0. The molecular formula is C35H37NO5. The van der Waals surface area contributed by atoms with E-state index in [-0.39, 0.29) is 6.10 Å². The molecule has 41 heavy (non-hydrogen) atoms. The molecule has 0 atom stereocenters. The number of aldehydes is 1. The number of aliphatic hydroxyl groups excluding tert-OH is 1. The minimum atomic E-state index is -0.223. The zero-order valence-electron chi connectivity index (χ0n) is 24.1. The summed E-state index contributed by atoms with van der Waals surface area (Å²) in [7, 11) is 1.67. The number of β-amino-alcohol motifs (C(OH)–C–C–N with tert-alkyl or cyclic N) is 1.